The SMILES string of the molecule is CNC(=S)NN.CO. The number of nitrogens with one attached hydrogen (secondary N) is 2. The molecule has 0 atom stereocenters. The molecule has 0 aliphatic heterocycles. The Labute approximate surface area is 54.0 Å². The number of rotatable bonds is 0. The van der Waals surface area contributed by atoms with E-state index in [1.54, 1.807) is 7.05 Å². The van der Waals surface area contributed by atoms with Crippen molar-refractivity contribution in [2.24, 2.45) is 5.84 Å². The molecular formula is C3H11N3OS. The number of hydrogen-bond donors (Lipinski definition) is 4. The summed E-state index contributed by atoms with van der Waals surface area (Å²) in [5.74, 6) is 4.83. The number of aliphatic hydroxyl groups excluding tert-OH is 1. The van der Waals surface area contributed by atoms with E-state index in [1.807, 2.05) is 0 Å². The lowest BCUT2D eigenvalue weighted by atomic mass is 11.1. The molecule has 5 heteroatoms. The van der Waals surface area contributed by atoms with Crippen LogP contribution in [-0.2, 0) is 0 Å². The molecule has 0 aromatic rings. The third-order valence-electron chi connectivity index (χ3n) is 0.358. The minimum absolute atomic E-state index is 0.454. The average molecular weight is 137 g/mol. The fraction of sp³-hybridized carbons (Fsp3) is 0.667. The zero-order valence-electron chi connectivity index (χ0n) is 4.93. The van der Waals surface area contributed by atoms with Crippen molar-refractivity contribution in [1.29, 1.82) is 0 Å². The van der Waals surface area contributed by atoms with Crippen LogP contribution in [0.25, 0.3) is 0 Å². The van der Waals surface area contributed by atoms with Crippen LogP contribution in [0.4, 0.5) is 0 Å². The summed E-state index contributed by atoms with van der Waals surface area (Å²) >= 11 is 4.51. The second kappa shape index (κ2) is 9.79. The normalized spacial score (nSPS) is 6.00. The molecule has 0 rings (SSSR count). The van der Waals surface area contributed by atoms with Crippen molar-refractivity contribution in [1.82, 2.24) is 10.7 Å². The van der Waals surface area contributed by atoms with E-state index in [4.69, 9.17) is 10.9 Å². The summed E-state index contributed by atoms with van der Waals surface area (Å²) in [6, 6.07) is 0. The highest BCUT2D eigenvalue weighted by Crippen LogP contribution is 1.49. The summed E-state index contributed by atoms with van der Waals surface area (Å²) in [6.45, 7) is 0. The van der Waals surface area contributed by atoms with Gasteiger partial charge in [0.2, 0.25) is 0 Å². The van der Waals surface area contributed by atoms with Gasteiger partial charge in [-0.05, 0) is 12.2 Å². The quantitative estimate of drug-likeness (QED) is 0.187. The van der Waals surface area contributed by atoms with Crippen LogP contribution in [0.15, 0.2) is 0 Å². The Hall–Kier alpha value is -0.390. The van der Waals surface area contributed by atoms with Crippen LogP contribution in [0.1, 0.15) is 0 Å². The maximum atomic E-state index is 7.00. The summed E-state index contributed by atoms with van der Waals surface area (Å²) in [4.78, 5) is 0. The van der Waals surface area contributed by atoms with Gasteiger partial charge in [-0.1, -0.05) is 0 Å². The first-order valence-electron chi connectivity index (χ1n) is 1.94. The zero-order valence-corrected chi connectivity index (χ0v) is 5.75. The third kappa shape index (κ3) is 9.15. The molecule has 4 nitrogen and oxygen atoms in total. The first-order valence-corrected chi connectivity index (χ1v) is 2.35. The standard InChI is InChI=1S/C2H7N3S.CH4O/c1-4-2(6)5-3;1-2/h3H2,1H3,(H2,4,5,6);2H,1H3. The van der Waals surface area contributed by atoms with Gasteiger partial charge < -0.3 is 15.8 Å². The maximum Gasteiger partial charge on any atom is 0.180 e. The van der Waals surface area contributed by atoms with Crippen LogP contribution in [0.3, 0.4) is 0 Å². The molecular weight excluding hydrogens is 126 g/mol. The molecule has 0 aliphatic carbocycles. The van der Waals surface area contributed by atoms with E-state index in [1.165, 1.54) is 0 Å². The minimum Gasteiger partial charge on any atom is -0.400 e. The highest BCUT2D eigenvalue weighted by Gasteiger charge is 1.75. The van der Waals surface area contributed by atoms with Crippen molar-refractivity contribution >= 4 is 17.3 Å². The Morgan fingerprint density at radius 3 is 2.00 bits per heavy atom. The lowest BCUT2D eigenvalue weighted by molar-refractivity contribution is 0.399. The number of aliphatic hydroxyl groups is 1. The van der Waals surface area contributed by atoms with E-state index >= 15 is 0 Å². The lowest BCUT2D eigenvalue weighted by Crippen LogP contribution is -2.37. The van der Waals surface area contributed by atoms with Gasteiger partial charge in [-0.3, -0.25) is 0 Å². The molecule has 0 amide bonds. The van der Waals surface area contributed by atoms with E-state index in [0.717, 1.165) is 7.11 Å². The Morgan fingerprint density at radius 2 is 2.00 bits per heavy atom. The van der Waals surface area contributed by atoms with Gasteiger partial charge in [-0.2, -0.15) is 0 Å². The molecule has 0 aliphatic rings. The Kier molecular flexibility index (Phi) is 12.9. The molecule has 50 valence electrons. The topological polar surface area (TPSA) is 70.3 Å². The van der Waals surface area contributed by atoms with Gasteiger partial charge in [-0.25, -0.2) is 5.84 Å². The van der Waals surface area contributed by atoms with Gasteiger partial charge in [0.25, 0.3) is 0 Å². The molecule has 0 unspecified atom stereocenters. The first kappa shape index (κ1) is 10.6. The van der Waals surface area contributed by atoms with Crippen molar-refractivity contribution in [2.45, 2.75) is 0 Å². The predicted octanol–water partition coefficient (Wildman–Crippen LogP) is -1.44. The smallest absolute Gasteiger partial charge is 0.180 e. The van der Waals surface area contributed by atoms with Crippen molar-refractivity contribution < 1.29 is 5.11 Å². The predicted molar refractivity (Wildman–Crippen MR) is 37.1 cm³/mol. The summed E-state index contributed by atoms with van der Waals surface area (Å²) < 4.78 is 0. The largest absolute Gasteiger partial charge is 0.400 e. The summed E-state index contributed by atoms with van der Waals surface area (Å²) in [5.41, 5.74) is 2.23. The Bertz CT molecular complexity index is 52.5. The van der Waals surface area contributed by atoms with Gasteiger partial charge in [0.1, 0.15) is 0 Å². The van der Waals surface area contributed by atoms with Crippen molar-refractivity contribution in [3.8, 4) is 0 Å². The molecule has 0 spiro atoms. The van der Waals surface area contributed by atoms with Gasteiger partial charge in [-0.15, -0.1) is 0 Å². The van der Waals surface area contributed by atoms with Crippen molar-refractivity contribution in [2.75, 3.05) is 14.2 Å². The van der Waals surface area contributed by atoms with Crippen LogP contribution in [-0.4, -0.2) is 24.4 Å². The van der Waals surface area contributed by atoms with Crippen LogP contribution < -0.4 is 16.6 Å². The highest BCUT2D eigenvalue weighted by atomic mass is 32.1. The van der Waals surface area contributed by atoms with E-state index in [2.05, 4.69) is 23.0 Å². The van der Waals surface area contributed by atoms with Crippen molar-refractivity contribution in [3.05, 3.63) is 0 Å². The van der Waals surface area contributed by atoms with Gasteiger partial charge in [0, 0.05) is 14.2 Å². The van der Waals surface area contributed by atoms with Crippen LogP contribution in [0.5, 0.6) is 0 Å². The van der Waals surface area contributed by atoms with Gasteiger partial charge >= 0.3 is 0 Å². The Morgan fingerprint density at radius 1 is 1.62 bits per heavy atom. The molecule has 0 radical (unpaired) electrons. The molecule has 5 N–H and O–H groups in total. The summed E-state index contributed by atoms with van der Waals surface area (Å²) in [7, 11) is 2.70. The molecule has 0 fully saturated rings. The summed E-state index contributed by atoms with van der Waals surface area (Å²) in [6.07, 6.45) is 0. The minimum atomic E-state index is 0.454. The monoisotopic (exact) mass is 137 g/mol. The first-order chi connectivity index (χ1) is 3.81. The maximum absolute atomic E-state index is 7.00. The molecule has 0 saturated carbocycles. The second-order valence-electron chi connectivity index (χ2n) is 0.723. The third-order valence-corrected chi connectivity index (χ3v) is 0.680. The molecule has 0 heterocycles. The molecule has 0 aromatic heterocycles. The number of hydrogen-bond acceptors (Lipinski definition) is 3. The van der Waals surface area contributed by atoms with E-state index < -0.39 is 0 Å². The number of nitrogens with two attached hydrogens (primary N) is 1. The fourth-order valence-corrected chi connectivity index (χ4v) is 0.0722. The van der Waals surface area contributed by atoms with Crippen LogP contribution in [0, 0.1) is 0 Å². The number of thiocarbonyl (C=S) groups is 1. The van der Waals surface area contributed by atoms with Crippen LogP contribution in [0.2, 0.25) is 0 Å². The van der Waals surface area contributed by atoms with E-state index in [9.17, 15) is 0 Å². The molecule has 0 bridgehead atoms. The number of hydrazine groups is 1. The van der Waals surface area contributed by atoms with Gasteiger partial charge in [0.15, 0.2) is 5.11 Å². The molecule has 8 heavy (non-hydrogen) atoms. The second-order valence-corrected chi connectivity index (χ2v) is 1.13. The summed E-state index contributed by atoms with van der Waals surface area (Å²) in [5, 5.41) is 10.1. The lowest BCUT2D eigenvalue weighted by Gasteiger charge is -1.95. The van der Waals surface area contributed by atoms with Gasteiger partial charge in [0.05, 0.1) is 0 Å². The van der Waals surface area contributed by atoms with E-state index in [0.29, 0.717) is 5.11 Å². The van der Waals surface area contributed by atoms with E-state index in [-0.39, 0.29) is 0 Å². The molecule has 0 saturated heterocycles. The average Bonchev–Trinajstić information content (AvgIpc) is 1.91. The van der Waals surface area contributed by atoms with Crippen LogP contribution >= 0.6 is 12.2 Å². The Balaban J connectivity index is 0. The highest BCUT2D eigenvalue weighted by molar-refractivity contribution is 7.80. The fourth-order valence-electron chi connectivity index (χ4n) is 0.0722. The van der Waals surface area contributed by atoms with Crippen molar-refractivity contribution in [3.63, 3.8) is 0 Å². The zero-order chi connectivity index (χ0) is 6.99. The molecule has 0 aromatic carbocycles.